The minimum Gasteiger partial charge on any atom is -0.482 e. The molecule has 0 bridgehead atoms. The SMILES string of the molecule is CCN1CCC(N=CC(=CN)c2cnc(N)c(OC(C)c3cc(F)ccc3Cl)c2)CC1. The van der Waals surface area contributed by atoms with E-state index in [1.165, 1.54) is 24.4 Å². The zero-order valence-corrected chi connectivity index (χ0v) is 18.6. The summed E-state index contributed by atoms with van der Waals surface area (Å²) in [6.45, 7) is 7.14. The Kier molecular flexibility index (Phi) is 7.87. The Morgan fingerprint density at radius 2 is 2.13 bits per heavy atom. The Labute approximate surface area is 187 Å². The van der Waals surface area contributed by atoms with Crippen molar-refractivity contribution >= 4 is 29.2 Å². The third kappa shape index (κ3) is 5.95. The highest BCUT2D eigenvalue weighted by Gasteiger charge is 2.18. The smallest absolute Gasteiger partial charge is 0.166 e. The van der Waals surface area contributed by atoms with Crippen molar-refractivity contribution in [3.63, 3.8) is 0 Å². The number of anilines is 1. The molecule has 0 saturated carbocycles. The summed E-state index contributed by atoms with van der Waals surface area (Å²) in [7, 11) is 0. The van der Waals surface area contributed by atoms with E-state index < -0.39 is 6.10 Å². The molecule has 1 saturated heterocycles. The molecule has 0 amide bonds. The van der Waals surface area contributed by atoms with E-state index in [0.29, 0.717) is 16.3 Å². The number of nitrogens with zero attached hydrogens (tertiary/aromatic N) is 3. The van der Waals surface area contributed by atoms with Gasteiger partial charge in [0.2, 0.25) is 0 Å². The Balaban J connectivity index is 1.74. The molecule has 31 heavy (non-hydrogen) atoms. The first-order chi connectivity index (χ1) is 14.9. The highest BCUT2D eigenvalue weighted by Crippen LogP contribution is 2.31. The fourth-order valence-corrected chi connectivity index (χ4v) is 3.84. The van der Waals surface area contributed by atoms with Crippen LogP contribution in [0.15, 0.2) is 41.7 Å². The molecule has 3 rings (SSSR count). The van der Waals surface area contributed by atoms with E-state index >= 15 is 0 Å². The molecule has 1 aromatic carbocycles. The average molecular weight is 446 g/mol. The summed E-state index contributed by atoms with van der Waals surface area (Å²) in [5.41, 5.74) is 13.9. The largest absolute Gasteiger partial charge is 0.482 e. The van der Waals surface area contributed by atoms with Gasteiger partial charge in [-0.2, -0.15) is 0 Å². The second-order valence-corrected chi connectivity index (χ2v) is 8.01. The second-order valence-electron chi connectivity index (χ2n) is 7.60. The number of likely N-dealkylation sites (tertiary alicyclic amines) is 1. The predicted octanol–water partition coefficient (Wildman–Crippen LogP) is 4.45. The van der Waals surface area contributed by atoms with Gasteiger partial charge in [-0.05, 0) is 50.6 Å². The third-order valence-corrected chi connectivity index (χ3v) is 5.87. The van der Waals surface area contributed by atoms with Crippen molar-refractivity contribution < 1.29 is 9.13 Å². The molecule has 4 N–H and O–H groups in total. The summed E-state index contributed by atoms with van der Waals surface area (Å²) in [4.78, 5) is 11.4. The van der Waals surface area contributed by atoms with Gasteiger partial charge in [0.25, 0.3) is 0 Å². The number of benzene rings is 1. The Bertz CT molecular complexity index is 957. The summed E-state index contributed by atoms with van der Waals surface area (Å²) in [6.07, 6.45) is 6.45. The van der Waals surface area contributed by atoms with Crippen molar-refractivity contribution in [1.29, 1.82) is 0 Å². The molecule has 1 fully saturated rings. The van der Waals surface area contributed by atoms with Crippen LogP contribution in [0.5, 0.6) is 5.75 Å². The Morgan fingerprint density at radius 1 is 1.39 bits per heavy atom. The lowest BCUT2D eigenvalue weighted by Gasteiger charge is -2.28. The average Bonchev–Trinajstić information content (AvgIpc) is 2.78. The first kappa shape index (κ1) is 23.0. The molecule has 8 heteroatoms. The quantitative estimate of drug-likeness (QED) is 0.614. The third-order valence-electron chi connectivity index (χ3n) is 5.52. The lowest BCUT2D eigenvalue weighted by molar-refractivity contribution is 0.224. The van der Waals surface area contributed by atoms with E-state index in [0.717, 1.165) is 43.6 Å². The van der Waals surface area contributed by atoms with Crippen molar-refractivity contribution in [1.82, 2.24) is 9.88 Å². The first-order valence-electron chi connectivity index (χ1n) is 10.5. The van der Waals surface area contributed by atoms with Crippen LogP contribution in [0.1, 0.15) is 43.9 Å². The van der Waals surface area contributed by atoms with Gasteiger partial charge < -0.3 is 21.1 Å². The van der Waals surface area contributed by atoms with Crippen LogP contribution in [0.25, 0.3) is 5.57 Å². The molecular weight excluding hydrogens is 417 g/mol. The van der Waals surface area contributed by atoms with Gasteiger partial charge in [-0.3, -0.25) is 4.99 Å². The lowest BCUT2D eigenvalue weighted by Crippen LogP contribution is -2.35. The number of hydrogen-bond acceptors (Lipinski definition) is 6. The van der Waals surface area contributed by atoms with Crippen LogP contribution < -0.4 is 16.2 Å². The number of halogens is 2. The van der Waals surface area contributed by atoms with Crippen molar-refractivity contribution in [2.75, 3.05) is 25.4 Å². The normalized spacial score (nSPS) is 17.2. The molecule has 6 nitrogen and oxygen atoms in total. The number of pyridine rings is 1. The zero-order valence-electron chi connectivity index (χ0n) is 17.9. The van der Waals surface area contributed by atoms with Gasteiger partial charge in [0.15, 0.2) is 11.6 Å². The standard InChI is InChI=1S/C23H29ClFN5O/c1-3-30-8-6-19(7-9-30)28-14-17(12-26)16-10-22(23(27)29-13-16)31-15(2)20-11-18(25)4-5-21(20)24/h4-5,10-15,19H,3,6-9,26H2,1-2H3,(H2,27,29). The highest BCUT2D eigenvalue weighted by molar-refractivity contribution is 6.31. The molecule has 1 aromatic heterocycles. The van der Waals surface area contributed by atoms with Gasteiger partial charge in [0, 0.05) is 53.4 Å². The molecule has 0 radical (unpaired) electrons. The number of nitrogen functional groups attached to an aromatic ring is 1. The lowest BCUT2D eigenvalue weighted by atomic mass is 10.1. The number of piperidine rings is 1. The number of rotatable bonds is 7. The van der Waals surface area contributed by atoms with E-state index in [4.69, 9.17) is 32.8 Å². The zero-order chi connectivity index (χ0) is 22.4. The second kappa shape index (κ2) is 10.6. The summed E-state index contributed by atoms with van der Waals surface area (Å²) < 4.78 is 19.6. The van der Waals surface area contributed by atoms with Crippen LogP contribution in [0.4, 0.5) is 10.2 Å². The van der Waals surface area contributed by atoms with E-state index in [2.05, 4.69) is 16.8 Å². The van der Waals surface area contributed by atoms with Gasteiger partial charge in [-0.1, -0.05) is 18.5 Å². The predicted molar refractivity (Wildman–Crippen MR) is 125 cm³/mol. The summed E-state index contributed by atoms with van der Waals surface area (Å²) >= 11 is 6.19. The molecule has 1 aliphatic rings. The molecular formula is C23H29ClFN5O. The fourth-order valence-electron chi connectivity index (χ4n) is 3.57. The van der Waals surface area contributed by atoms with E-state index in [1.54, 1.807) is 25.4 Å². The van der Waals surface area contributed by atoms with E-state index in [1.807, 2.05) is 0 Å². The van der Waals surface area contributed by atoms with Crippen molar-refractivity contribution in [2.24, 2.45) is 10.7 Å². The van der Waals surface area contributed by atoms with Crippen LogP contribution in [0.3, 0.4) is 0 Å². The van der Waals surface area contributed by atoms with E-state index in [-0.39, 0.29) is 17.7 Å². The summed E-state index contributed by atoms with van der Waals surface area (Å²) in [6, 6.07) is 6.20. The minimum absolute atomic E-state index is 0.225. The molecule has 2 aromatic rings. The molecule has 1 atom stereocenters. The van der Waals surface area contributed by atoms with Crippen molar-refractivity contribution in [3.8, 4) is 5.75 Å². The Morgan fingerprint density at radius 3 is 2.81 bits per heavy atom. The fraction of sp³-hybridized carbons (Fsp3) is 0.391. The Hall–Kier alpha value is -2.64. The summed E-state index contributed by atoms with van der Waals surface area (Å²) in [5.74, 6) is 0.210. The van der Waals surface area contributed by atoms with Crippen molar-refractivity contribution in [2.45, 2.75) is 38.8 Å². The number of aromatic nitrogens is 1. The van der Waals surface area contributed by atoms with Crippen LogP contribution in [-0.2, 0) is 0 Å². The molecule has 0 spiro atoms. The van der Waals surface area contributed by atoms with Gasteiger partial charge >= 0.3 is 0 Å². The maximum absolute atomic E-state index is 13.6. The molecule has 1 aliphatic heterocycles. The number of aliphatic imine (C=N–C) groups is 1. The molecule has 0 aliphatic carbocycles. The maximum Gasteiger partial charge on any atom is 0.166 e. The highest BCUT2D eigenvalue weighted by atomic mass is 35.5. The minimum atomic E-state index is -0.523. The van der Waals surface area contributed by atoms with Gasteiger partial charge in [0.05, 0.1) is 6.04 Å². The van der Waals surface area contributed by atoms with Gasteiger partial charge in [-0.25, -0.2) is 9.37 Å². The van der Waals surface area contributed by atoms with Crippen LogP contribution >= 0.6 is 11.6 Å². The van der Waals surface area contributed by atoms with Crippen molar-refractivity contribution in [3.05, 3.63) is 58.6 Å². The van der Waals surface area contributed by atoms with Gasteiger partial charge in [0.1, 0.15) is 11.9 Å². The van der Waals surface area contributed by atoms with Gasteiger partial charge in [-0.15, -0.1) is 0 Å². The number of ether oxygens (including phenoxy) is 1. The van der Waals surface area contributed by atoms with E-state index in [9.17, 15) is 4.39 Å². The topological polar surface area (TPSA) is 89.8 Å². The number of allylic oxidation sites excluding steroid dienone is 1. The number of nitrogens with two attached hydrogens (primary N) is 2. The summed E-state index contributed by atoms with van der Waals surface area (Å²) in [5, 5.41) is 0.417. The monoisotopic (exact) mass is 445 g/mol. The molecule has 1 unspecified atom stereocenters. The van der Waals surface area contributed by atoms with Crippen LogP contribution in [0, 0.1) is 5.82 Å². The van der Waals surface area contributed by atoms with Crippen LogP contribution in [0.2, 0.25) is 5.02 Å². The maximum atomic E-state index is 13.6. The molecule has 166 valence electrons. The molecule has 2 heterocycles. The first-order valence-corrected chi connectivity index (χ1v) is 10.8. The number of hydrogen-bond donors (Lipinski definition) is 2. The van der Waals surface area contributed by atoms with Crippen LogP contribution in [-0.4, -0.2) is 41.8 Å².